The second kappa shape index (κ2) is 8.01. The van der Waals surface area contributed by atoms with Crippen LogP contribution in [0.25, 0.3) is 0 Å². The van der Waals surface area contributed by atoms with Gasteiger partial charge < -0.3 is 9.84 Å². The molecule has 8 heteroatoms. The fraction of sp³-hybridized carbons (Fsp3) is 0.500. The fourth-order valence-electron chi connectivity index (χ4n) is 3.57. The number of benzene rings is 1. The van der Waals surface area contributed by atoms with Gasteiger partial charge in [-0.05, 0) is 43.4 Å². The topological polar surface area (TPSA) is 105 Å². The molecule has 1 unspecified atom stereocenters. The molecule has 0 spiro atoms. The number of hydrogen-bond acceptors (Lipinski definition) is 6. The van der Waals surface area contributed by atoms with Crippen molar-refractivity contribution in [2.24, 2.45) is 5.92 Å². The largest absolute Gasteiger partial charge is 0.340 e. The third-order valence-corrected chi connectivity index (χ3v) is 5.59. The molecule has 1 aliphatic carbocycles. The van der Waals surface area contributed by atoms with Gasteiger partial charge in [0.05, 0.1) is 11.1 Å². The molecule has 0 saturated heterocycles. The van der Waals surface area contributed by atoms with Crippen molar-refractivity contribution in [3.05, 3.63) is 46.6 Å². The Hall–Kier alpha value is -3.03. The minimum atomic E-state index is -0.441. The van der Waals surface area contributed by atoms with Gasteiger partial charge >= 0.3 is 0 Å². The van der Waals surface area contributed by atoms with E-state index in [0.717, 1.165) is 25.7 Å². The Kier molecular flexibility index (Phi) is 5.40. The summed E-state index contributed by atoms with van der Waals surface area (Å²) in [6.45, 7) is 6.31. The van der Waals surface area contributed by atoms with Gasteiger partial charge in [-0.15, -0.1) is 0 Å². The van der Waals surface area contributed by atoms with Gasteiger partial charge in [0, 0.05) is 18.0 Å². The standard InChI is InChI=1S/C22H26N4O4/c1-4-5-10-26-21(28)15-9-8-14(11-16(15)22(26)29)19(27)23-17(12(2)3)20-24-18(25-30-20)13-6-7-13/h8-9,11-13,17H,4-7,10H2,1-3H3,(H,23,27). The van der Waals surface area contributed by atoms with E-state index >= 15 is 0 Å². The van der Waals surface area contributed by atoms with Gasteiger partial charge in [-0.3, -0.25) is 19.3 Å². The maximum Gasteiger partial charge on any atom is 0.261 e. The molecule has 1 aliphatic heterocycles. The molecule has 2 aromatic rings. The second-order valence-electron chi connectivity index (χ2n) is 8.34. The summed E-state index contributed by atoms with van der Waals surface area (Å²) in [6.07, 6.45) is 3.77. The highest BCUT2D eigenvalue weighted by Gasteiger charge is 2.36. The number of rotatable bonds is 8. The first-order chi connectivity index (χ1) is 14.4. The lowest BCUT2D eigenvalue weighted by molar-refractivity contribution is 0.0652. The van der Waals surface area contributed by atoms with E-state index in [4.69, 9.17) is 4.52 Å². The Morgan fingerprint density at radius 3 is 2.63 bits per heavy atom. The van der Waals surface area contributed by atoms with E-state index in [1.165, 1.54) is 11.0 Å². The number of aromatic nitrogens is 2. The molecule has 1 N–H and O–H groups in total. The summed E-state index contributed by atoms with van der Waals surface area (Å²) in [5, 5.41) is 6.97. The zero-order valence-corrected chi connectivity index (χ0v) is 17.5. The van der Waals surface area contributed by atoms with Crippen molar-refractivity contribution >= 4 is 17.7 Å². The van der Waals surface area contributed by atoms with Crippen LogP contribution in [0.3, 0.4) is 0 Å². The predicted molar refractivity (Wildman–Crippen MR) is 108 cm³/mol. The molecule has 1 fully saturated rings. The van der Waals surface area contributed by atoms with Crippen molar-refractivity contribution < 1.29 is 18.9 Å². The summed E-state index contributed by atoms with van der Waals surface area (Å²) < 4.78 is 5.40. The quantitative estimate of drug-likeness (QED) is 0.668. The smallest absolute Gasteiger partial charge is 0.261 e. The molecule has 3 amide bonds. The Morgan fingerprint density at radius 2 is 1.97 bits per heavy atom. The average molecular weight is 410 g/mol. The maximum absolute atomic E-state index is 12.9. The Balaban J connectivity index is 1.53. The van der Waals surface area contributed by atoms with Gasteiger partial charge in [0.15, 0.2) is 5.82 Å². The number of nitrogens with one attached hydrogen (secondary N) is 1. The minimum Gasteiger partial charge on any atom is -0.340 e. The summed E-state index contributed by atoms with van der Waals surface area (Å²) in [5.41, 5.74) is 0.942. The van der Waals surface area contributed by atoms with Crippen LogP contribution in [0.2, 0.25) is 0 Å². The monoisotopic (exact) mass is 410 g/mol. The van der Waals surface area contributed by atoms with Crippen LogP contribution >= 0.6 is 0 Å². The third kappa shape index (κ3) is 3.74. The normalized spacial score (nSPS) is 16.9. The minimum absolute atomic E-state index is 0.0311. The second-order valence-corrected chi connectivity index (χ2v) is 8.34. The first-order valence-electron chi connectivity index (χ1n) is 10.5. The number of nitrogens with zero attached hydrogens (tertiary/aromatic N) is 3. The molecule has 158 valence electrons. The third-order valence-electron chi connectivity index (χ3n) is 5.59. The Morgan fingerprint density at radius 1 is 1.23 bits per heavy atom. The predicted octanol–water partition coefficient (Wildman–Crippen LogP) is 3.47. The summed E-state index contributed by atoms with van der Waals surface area (Å²) in [5.74, 6) is 0.482. The van der Waals surface area contributed by atoms with Crippen LogP contribution in [0, 0.1) is 5.92 Å². The van der Waals surface area contributed by atoms with Crippen LogP contribution in [-0.4, -0.2) is 39.3 Å². The van der Waals surface area contributed by atoms with Crippen LogP contribution in [0.5, 0.6) is 0 Å². The number of fused-ring (bicyclic) bond motifs is 1. The van der Waals surface area contributed by atoms with Crippen molar-refractivity contribution in [2.45, 2.75) is 58.4 Å². The van der Waals surface area contributed by atoms with Gasteiger partial charge in [-0.25, -0.2) is 0 Å². The maximum atomic E-state index is 12.9. The van der Waals surface area contributed by atoms with E-state index in [1.807, 2.05) is 20.8 Å². The fourth-order valence-corrected chi connectivity index (χ4v) is 3.57. The van der Waals surface area contributed by atoms with Crippen molar-refractivity contribution in [1.82, 2.24) is 20.4 Å². The first kappa shape index (κ1) is 20.3. The van der Waals surface area contributed by atoms with E-state index < -0.39 is 6.04 Å². The van der Waals surface area contributed by atoms with Crippen LogP contribution < -0.4 is 5.32 Å². The average Bonchev–Trinajstić information content (AvgIpc) is 3.42. The molecule has 1 saturated carbocycles. The zero-order valence-electron chi connectivity index (χ0n) is 17.5. The van der Waals surface area contributed by atoms with Crippen molar-refractivity contribution in [3.63, 3.8) is 0 Å². The van der Waals surface area contributed by atoms with Gasteiger partial charge in [-0.2, -0.15) is 4.98 Å². The lowest BCUT2D eigenvalue weighted by Gasteiger charge is -2.18. The molecular weight excluding hydrogens is 384 g/mol. The van der Waals surface area contributed by atoms with Gasteiger partial charge in [0.2, 0.25) is 5.89 Å². The molecule has 1 aromatic carbocycles. The molecule has 0 radical (unpaired) electrons. The van der Waals surface area contributed by atoms with Gasteiger partial charge in [-0.1, -0.05) is 32.3 Å². The van der Waals surface area contributed by atoms with E-state index in [9.17, 15) is 14.4 Å². The van der Waals surface area contributed by atoms with E-state index in [-0.39, 0.29) is 29.2 Å². The highest BCUT2D eigenvalue weighted by atomic mass is 16.5. The van der Waals surface area contributed by atoms with Gasteiger partial charge in [0.25, 0.3) is 17.7 Å². The van der Waals surface area contributed by atoms with Crippen molar-refractivity contribution in [3.8, 4) is 0 Å². The molecule has 1 atom stereocenters. The molecule has 1 aromatic heterocycles. The highest BCUT2D eigenvalue weighted by molar-refractivity contribution is 6.22. The molecule has 2 aliphatic rings. The Labute approximate surface area is 175 Å². The number of unbranched alkanes of at least 4 members (excludes halogenated alkanes) is 1. The van der Waals surface area contributed by atoms with Crippen LogP contribution in [-0.2, 0) is 0 Å². The summed E-state index contributed by atoms with van der Waals surface area (Å²) in [4.78, 5) is 43.8. The summed E-state index contributed by atoms with van der Waals surface area (Å²) >= 11 is 0. The molecule has 30 heavy (non-hydrogen) atoms. The van der Waals surface area contributed by atoms with E-state index in [1.54, 1.807) is 12.1 Å². The highest BCUT2D eigenvalue weighted by Crippen LogP contribution is 2.38. The molecule has 4 rings (SSSR count). The zero-order chi connectivity index (χ0) is 21.4. The van der Waals surface area contributed by atoms with E-state index in [2.05, 4.69) is 15.5 Å². The first-order valence-corrected chi connectivity index (χ1v) is 10.5. The lowest BCUT2D eigenvalue weighted by atomic mass is 10.0. The SMILES string of the molecule is CCCCN1C(=O)c2ccc(C(=O)NC(c3nc(C4CC4)no3)C(C)C)cc2C1=O. The Bertz CT molecular complexity index is 993. The molecule has 0 bridgehead atoms. The number of carbonyl (C=O) groups is 3. The van der Waals surface area contributed by atoms with Crippen molar-refractivity contribution in [1.29, 1.82) is 0 Å². The van der Waals surface area contributed by atoms with Crippen LogP contribution in [0.4, 0.5) is 0 Å². The molecule has 8 nitrogen and oxygen atoms in total. The van der Waals surface area contributed by atoms with Crippen LogP contribution in [0.15, 0.2) is 22.7 Å². The number of amides is 3. The number of hydrogen-bond donors (Lipinski definition) is 1. The number of imide groups is 1. The number of carbonyl (C=O) groups excluding carboxylic acids is 3. The summed E-state index contributed by atoms with van der Waals surface area (Å²) in [6, 6.07) is 4.18. The van der Waals surface area contributed by atoms with Gasteiger partial charge in [0.1, 0.15) is 6.04 Å². The van der Waals surface area contributed by atoms with Crippen LogP contribution in [0.1, 0.15) is 101 Å². The molecule has 2 heterocycles. The molecular formula is C22H26N4O4. The lowest BCUT2D eigenvalue weighted by Crippen LogP contribution is -2.32. The summed E-state index contributed by atoms with van der Waals surface area (Å²) in [7, 11) is 0. The van der Waals surface area contributed by atoms with Crippen molar-refractivity contribution in [2.75, 3.05) is 6.54 Å². The van der Waals surface area contributed by atoms with E-state index in [0.29, 0.717) is 35.3 Å².